The maximum atomic E-state index is 4.90. The van der Waals surface area contributed by atoms with Crippen LogP contribution in [0.1, 0.15) is 0 Å². The second-order valence-corrected chi connectivity index (χ2v) is 12.9. The van der Waals surface area contributed by atoms with Crippen molar-refractivity contribution in [1.29, 1.82) is 0 Å². The van der Waals surface area contributed by atoms with E-state index in [1.807, 2.05) is 60.7 Å². The van der Waals surface area contributed by atoms with E-state index in [0.717, 1.165) is 22.3 Å². The van der Waals surface area contributed by atoms with Crippen molar-refractivity contribution >= 4 is 21.5 Å². The molecule has 0 bridgehead atoms. The zero-order chi connectivity index (χ0) is 33.0. The number of aromatic nitrogens is 3. The summed E-state index contributed by atoms with van der Waals surface area (Å²) in [5.41, 5.74) is 13.0. The van der Waals surface area contributed by atoms with Gasteiger partial charge in [-0.05, 0) is 90.3 Å². The lowest BCUT2D eigenvalue weighted by Gasteiger charge is -2.11. The van der Waals surface area contributed by atoms with Crippen LogP contribution in [0.2, 0.25) is 0 Å². The predicted octanol–water partition coefficient (Wildman–Crippen LogP) is 12.2. The first-order valence-electron chi connectivity index (χ1n) is 16.9. The van der Waals surface area contributed by atoms with Gasteiger partial charge in [0.1, 0.15) is 0 Å². The molecule has 0 spiro atoms. The minimum atomic E-state index is 0.655. The topological polar surface area (TPSA) is 38.7 Å². The van der Waals surface area contributed by atoms with Gasteiger partial charge in [0.05, 0.1) is 0 Å². The number of hydrogen-bond acceptors (Lipinski definition) is 3. The number of hydrogen-bond donors (Lipinski definition) is 0. The fourth-order valence-corrected chi connectivity index (χ4v) is 7.34. The van der Waals surface area contributed by atoms with Gasteiger partial charge in [-0.1, -0.05) is 152 Å². The number of benzene rings is 8. The zero-order valence-electron chi connectivity index (χ0n) is 27.1. The van der Waals surface area contributed by atoms with Crippen LogP contribution in [-0.2, 0) is 0 Å². The van der Waals surface area contributed by atoms with Gasteiger partial charge < -0.3 is 0 Å². The Balaban J connectivity index is 0.981. The highest BCUT2D eigenvalue weighted by Gasteiger charge is 2.21. The lowest BCUT2D eigenvalue weighted by molar-refractivity contribution is 1.07. The molecule has 1 aliphatic carbocycles. The summed E-state index contributed by atoms with van der Waals surface area (Å²) in [4.78, 5) is 14.6. The van der Waals surface area contributed by atoms with Crippen molar-refractivity contribution in [3.05, 3.63) is 176 Å². The molecular formula is C47H29N3. The first kappa shape index (κ1) is 28.3. The van der Waals surface area contributed by atoms with Crippen LogP contribution in [0.15, 0.2) is 176 Å². The van der Waals surface area contributed by atoms with Crippen molar-refractivity contribution in [3.8, 4) is 78.7 Å². The third-order valence-corrected chi connectivity index (χ3v) is 9.83. The van der Waals surface area contributed by atoms with Crippen LogP contribution in [0.25, 0.3) is 100 Å². The van der Waals surface area contributed by atoms with E-state index in [9.17, 15) is 0 Å². The fraction of sp³-hybridized carbons (Fsp3) is 0. The first-order chi connectivity index (χ1) is 24.7. The molecule has 9 aromatic rings. The fourth-order valence-electron chi connectivity index (χ4n) is 7.34. The zero-order valence-corrected chi connectivity index (χ0v) is 27.1. The van der Waals surface area contributed by atoms with Gasteiger partial charge in [0.25, 0.3) is 0 Å². The summed E-state index contributed by atoms with van der Waals surface area (Å²) >= 11 is 0. The lowest BCUT2D eigenvalue weighted by Crippen LogP contribution is -2.00. The summed E-state index contributed by atoms with van der Waals surface area (Å²) in [6.07, 6.45) is 0. The third-order valence-electron chi connectivity index (χ3n) is 9.83. The van der Waals surface area contributed by atoms with Gasteiger partial charge >= 0.3 is 0 Å². The Hall–Kier alpha value is -6.71. The van der Waals surface area contributed by atoms with Crippen LogP contribution in [0.3, 0.4) is 0 Å². The highest BCUT2D eigenvalue weighted by molar-refractivity contribution is 6.16. The minimum absolute atomic E-state index is 0.655. The molecule has 0 unspecified atom stereocenters. The van der Waals surface area contributed by atoms with Crippen molar-refractivity contribution in [2.24, 2.45) is 0 Å². The summed E-state index contributed by atoms with van der Waals surface area (Å²) in [7, 11) is 0. The van der Waals surface area contributed by atoms with Crippen LogP contribution in [0, 0.1) is 0 Å². The quantitative estimate of drug-likeness (QED) is 0.189. The molecule has 50 heavy (non-hydrogen) atoms. The number of rotatable bonds is 5. The first-order valence-corrected chi connectivity index (χ1v) is 16.9. The third kappa shape index (κ3) is 4.79. The Labute approximate surface area is 290 Å². The second kappa shape index (κ2) is 11.5. The van der Waals surface area contributed by atoms with Crippen LogP contribution in [0.5, 0.6) is 0 Å². The Morgan fingerprint density at radius 3 is 1.28 bits per heavy atom. The normalized spacial score (nSPS) is 11.6. The molecule has 0 saturated carbocycles. The van der Waals surface area contributed by atoms with E-state index in [-0.39, 0.29) is 0 Å². The molecule has 3 heteroatoms. The van der Waals surface area contributed by atoms with Gasteiger partial charge in [0.15, 0.2) is 17.5 Å². The Kier molecular flexibility index (Phi) is 6.49. The van der Waals surface area contributed by atoms with Crippen LogP contribution < -0.4 is 0 Å². The summed E-state index contributed by atoms with van der Waals surface area (Å²) in [6.45, 7) is 0. The van der Waals surface area contributed by atoms with E-state index in [1.54, 1.807) is 0 Å². The predicted molar refractivity (Wildman–Crippen MR) is 206 cm³/mol. The smallest absolute Gasteiger partial charge is 0.164 e. The van der Waals surface area contributed by atoms with E-state index in [0.29, 0.717) is 17.5 Å². The van der Waals surface area contributed by atoms with E-state index in [4.69, 9.17) is 15.0 Å². The minimum Gasteiger partial charge on any atom is -0.208 e. The number of nitrogens with zero attached hydrogens (tertiary/aromatic N) is 3. The second-order valence-electron chi connectivity index (χ2n) is 12.9. The number of fused-ring (bicyclic) bond motifs is 4. The summed E-state index contributed by atoms with van der Waals surface area (Å²) in [5, 5.41) is 5.08. The molecule has 0 aliphatic heterocycles. The highest BCUT2D eigenvalue weighted by atomic mass is 15.0. The van der Waals surface area contributed by atoms with Gasteiger partial charge in [-0.3, -0.25) is 0 Å². The molecule has 0 radical (unpaired) electrons. The van der Waals surface area contributed by atoms with Gasteiger partial charge in [0, 0.05) is 16.7 Å². The monoisotopic (exact) mass is 635 g/mol. The average molecular weight is 636 g/mol. The van der Waals surface area contributed by atoms with E-state index < -0.39 is 0 Å². The molecule has 3 nitrogen and oxygen atoms in total. The molecule has 1 heterocycles. The lowest BCUT2D eigenvalue weighted by atomic mass is 9.94. The standard InChI is InChI=1S/C47H29N3/c1-3-10-31(11-4-1)45-48-46(32-12-5-2-6-13-32)50-47(49-45)33-20-18-30(19-21-33)34-22-23-36-27-37(25-24-35(36)26-34)39-28-38-14-9-17-42-40-15-7-8-16-41(40)43(29-39)44(38)42/h1-29H. The molecule has 10 rings (SSSR count). The van der Waals surface area contributed by atoms with Crippen molar-refractivity contribution < 1.29 is 0 Å². The van der Waals surface area contributed by atoms with Crippen molar-refractivity contribution in [1.82, 2.24) is 15.0 Å². The molecule has 1 aromatic heterocycles. The van der Waals surface area contributed by atoms with Crippen molar-refractivity contribution in [2.75, 3.05) is 0 Å². The Bertz CT molecular complexity index is 2680. The highest BCUT2D eigenvalue weighted by Crippen LogP contribution is 2.48. The van der Waals surface area contributed by atoms with Crippen molar-refractivity contribution in [3.63, 3.8) is 0 Å². The van der Waals surface area contributed by atoms with E-state index >= 15 is 0 Å². The van der Waals surface area contributed by atoms with Crippen molar-refractivity contribution in [2.45, 2.75) is 0 Å². The molecule has 0 fully saturated rings. The molecule has 0 saturated heterocycles. The average Bonchev–Trinajstić information content (AvgIpc) is 3.52. The van der Waals surface area contributed by atoms with Gasteiger partial charge in [-0.2, -0.15) is 0 Å². The summed E-state index contributed by atoms with van der Waals surface area (Å²) in [6, 6.07) is 62.4. The Morgan fingerprint density at radius 1 is 0.240 bits per heavy atom. The van der Waals surface area contributed by atoms with Gasteiger partial charge in [-0.15, -0.1) is 0 Å². The van der Waals surface area contributed by atoms with Gasteiger partial charge in [0.2, 0.25) is 0 Å². The van der Waals surface area contributed by atoms with Gasteiger partial charge in [-0.25, -0.2) is 15.0 Å². The summed E-state index contributed by atoms with van der Waals surface area (Å²) in [5.74, 6) is 1.98. The SMILES string of the molecule is c1ccc(-c2nc(-c3ccccc3)nc(-c3ccc(-c4ccc5cc(-c6cc7c8c(cccc8c6)-c6ccccc6-7)ccc5c4)cc3)n2)cc1. The molecule has 0 N–H and O–H groups in total. The van der Waals surface area contributed by atoms with Crippen LogP contribution in [-0.4, -0.2) is 15.0 Å². The maximum absolute atomic E-state index is 4.90. The summed E-state index contributed by atoms with van der Waals surface area (Å²) < 4.78 is 0. The molecule has 0 atom stereocenters. The maximum Gasteiger partial charge on any atom is 0.164 e. The molecule has 8 aromatic carbocycles. The molecule has 0 amide bonds. The van der Waals surface area contributed by atoms with Crippen LogP contribution >= 0.6 is 0 Å². The van der Waals surface area contributed by atoms with E-state index in [2.05, 4.69) is 115 Å². The van der Waals surface area contributed by atoms with Crippen LogP contribution in [0.4, 0.5) is 0 Å². The molecule has 232 valence electrons. The Morgan fingerprint density at radius 2 is 0.680 bits per heavy atom. The van der Waals surface area contributed by atoms with E-state index in [1.165, 1.54) is 60.5 Å². The molecular weight excluding hydrogens is 607 g/mol. The largest absolute Gasteiger partial charge is 0.208 e. The molecule has 1 aliphatic rings.